The van der Waals surface area contributed by atoms with Crippen LogP contribution in [0.4, 0.5) is 11.4 Å². The molecule has 1 aliphatic carbocycles. The molecule has 0 radical (unpaired) electrons. The molecule has 1 aromatic rings. The number of carbonyl (C=O) groups excluding carboxylic acids is 2. The summed E-state index contributed by atoms with van der Waals surface area (Å²) in [4.78, 5) is 32.0. The first kappa shape index (κ1) is 20.5. The van der Waals surface area contributed by atoms with Crippen LogP contribution in [-0.4, -0.2) is 60.9 Å². The van der Waals surface area contributed by atoms with E-state index >= 15 is 0 Å². The van der Waals surface area contributed by atoms with Gasteiger partial charge in [0.2, 0.25) is 5.91 Å². The van der Waals surface area contributed by atoms with Crippen LogP contribution in [0, 0.1) is 5.92 Å². The van der Waals surface area contributed by atoms with Crippen LogP contribution in [0.15, 0.2) is 18.2 Å². The maximum atomic E-state index is 13.0. The van der Waals surface area contributed by atoms with E-state index in [1.54, 1.807) is 6.07 Å². The van der Waals surface area contributed by atoms with Crippen LogP contribution in [0.1, 0.15) is 56.3 Å². The first-order valence-corrected chi connectivity index (χ1v) is 10.8. The number of nitrogen functional groups attached to an aromatic ring is 1. The number of anilines is 2. The highest BCUT2D eigenvalue weighted by molar-refractivity contribution is 6.00. The van der Waals surface area contributed by atoms with Gasteiger partial charge in [-0.05, 0) is 51.3 Å². The average Bonchev–Trinajstić information content (AvgIpc) is 3.13. The maximum absolute atomic E-state index is 13.0. The Morgan fingerprint density at radius 3 is 2.43 bits per heavy atom. The second-order valence-electron chi connectivity index (χ2n) is 7.90. The minimum Gasteiger partial charge on any atom is -0.399 e. The molecule has 154 valence electrons. The second kappa shape index (κ2) is 9.30. The van der Waals surface area contributed by atoms with Crippen LogP contribution in [0.2, 0.25) is 0 Å². The zero-order chi connectivity index (χ0) is 20.1. The number of nitrogens with two attached hydrogens (primary N) is 1. The Balaban J connectivity index is 1.76. The molecule has 28 heavy (non-hydrogen) atoms. The van der Waals surface area contributed by atoms with Crippen LogP contribution >= 0.6 is 0 Å². The molecule has 6 nitrogen and oxygen atoms in total. The summed E-state index contributed by atoms with van der Waals surface area (Å²) in [6, 6.07) is 5.61. The van der Waals surface area contributed by atoms with Gasteiger partial charge in [0.05, 0.1) is 5.56 Å². The van der Waals surface area contributed by atoms with E-state index in [1.165, 1.54) is 12.8 Å². The molecule has 0 atom stereocenters. The SMILES string of the molecule is CCN(CC)C(=O)c1cc(N)ccc1N1CCCN(C(=O)C2CCCC2)CC1. The number of carbonyl (C=O) groups is 2. The predicted octanol–water partition coefficient (Wildman–Crippen LogP) is 2.98. The monoisotopic (exact) mass is 386 g/mol. The van der Waals surface area contributed by atoms with E-state index in [1.807, 2.05) is 35.8 Å². The molecular weight excluding hydrogens is 352 g/mol. The Labute approximate surface area is 168 Å². The molecule has 0 bridgehead atoms. The van der Waals surface area contributed by atoms with Gasteiger partial charge in [-0.2, -0.15) is 0 Å². The van der Waals surface area contributed by atoms with Crippen LogP contribution in [-0.2, 0) is 4.79 Å². The second-order valence-corrected chi connectivity index (χ2v) is 7.90. The fraction of sp³-hybridized carbons (Fsp3) is 0.636. The molecule has 2 N–H and O–H groups in total. The molecule has 2 fully saturated rings. The highest BCUT2D eigenvalue weighted by Gasteiger charge is 2.29. The Morgan fingerprint density at radius 2 is 1.75 bits per heavy atom. The van der Waals surface area contributed by atoms with Gasteiger partial charge in [0.25, 0.3) is 5.91 Å². The molecule has 0 spiro atoms. The van der Waals surface area contributed by atoms with Gasteiger partial charge in [-0.1, -0.05) is 12.8 Å². The highest BCUT2D eigenvalue weighted by Crippen LogP contribution is 2.29. The Hall–Kier alpha value is -2.24. The first-order valence-electron chi connectivity index (χ1n) is 10.8. The highest BCUT2D eigenvalue weighted by atomic mass is 16.2. The van der Waals surface area contributed by atoms with Gasteiger partial charge >= 0.3 is 0 Å². The molecule has 1 heterocycles. The van der Waals surface area contributed by atoms with E-state index in [0.29, 0.717) is 30.2 Å². The van der Waals surface area contributed by atoms with Gasteiger partial charge in [0.15, 0.2) is 0 Å². The lowest BCUT2D eigenvalue weighted by atomic mass is 10.1. The summed E-state index contributed by atoms with van der Waals surface area (Å²) in [6.07, 6.45) is 5.36. The standard InChI is InChI=1S/C22H34N4O2/c1-3-24(4-2)22(28)19-16-18(23)10-11-20(19)25-12-7-13-26(15-14-25)21(27)17-8-5-6-9-17/h10-11,16-17H,3-9,12-15,23H2,1-2H3. The minimum atomic E-state index is 0.0236. The number of benzene rings is 1. The third-order valence-corrected chi connectivity index (χ3v) is 6.15. The predicted molar refractivity (Wildman–Crippen MR) is 113 cm³/mol. The van der Waals surface area contributed by atoms with Crippen molar-refractivity contribution in [1.82, 2.24) is 9.80 Å². The van der Waals surface area contributed by atoms with Gasteiger partial charge < -0.3 is 20.4 Å². The lowest BCUT2D eigenvalue weighted by molar-refractivity contribution is -0.135. The van der Waals surface area contributed by atoms with Crippen LogP contribution < -0.4 is 10.6 Å². The lowest BCUT2D eigenvalue weighted by Crippen LogP contribution is -2.38. The number of rotatable bonds is 5. The molecule has 6 heteroatoms. The molecule has 1 saturated heterocycles. The van der Waals surface area contributed by atoms with Crippen molar-refractivity contribution in [2.45, 2.75) is 46.0 Å². The topological polar surface area (TPSA) is 69.9 Å². The smallest absolute Gasteiger partial charge is 0.256 e. The van der Waals surface area contributed by atoms with Gasteiger partial charge in [-0.3, -0.25) is 9.59 Å². The van der Waals surface area contributed by atoms with Crippen LogP contribution in [0.3, 0.4) is 0 Å². The van der Waals surface area contributed by atoms with Crippen molar-refractivity contribution in [2.24, 2.45) is 5.92 Å². The third kappa shape index (κ3) is 4.42. The normalized spacial score (nSPS) is 18.2. The summed E-state index contributed by atoms with van der Waals surface area (Å²) in [6.45, 7) is 8.45. The van der Waals surface area contributed by atoms with Gasteiger partial charge in [0, 0.05) is 56.6 Å². The fourth-order valence-corrected chi connectivity index (χ4v) is 4.49. The molecule has 3 rings (SSSR count). The van der Waals surface area contributed by atoms with Gasteiger partial charge in [-0.25, -0.2) is 0 Å². The fourth-order valence-electron chi connectivity index (χ4n) is 4.49. The van der Waals surface area contributed by atoms with E-state index in [4.69, 9.17) is 5.73 Å². The average molecular weight is 387 g/mol. The largest absolute Gasteiger partial charge is 0.399 e. The zero-order valence-electron chi connectivity index (χ0n) is 17.3. The summed E-state index contributed by atoms with van der Waals surface area (Å²) in [5.41, 5.74) is 8.20. The van der Waals surface area contributed by atoms with Crippen molar-refractivity contribution in [2.75, 3.05) is 49.9 Å². The molecule has 0 unspecified atom stereocenters. The van der Waals surface area contributed by atoms with Crippen LogP contribution in [0.25, 0.3) is 0 Å². The minimum absolute atomic E-state index is 0.0236. The Bertz CT molecular complexity index is 696. The Kier molecular flexibility index (Phi) is 6.81. The van der Waals surface area contributed by atoms with Crippen molar-refractivity contribution in [3.63, 3.8) is 0 Å². The van der Waals surface area contributed by atoms with E-state index in [9.17, 15) is 9.59 Å². The number of hydrogen-bond acceptors (Lipinski definition) is 4. The van der Waals surface area contributed by atoms with E-state index in [0.717, 1.165) is 51.1 Å². The lowest BCUT2D eigenvalue weighted by Gasteiger charge is -2.28. The quantitative estimate of drug-likeness (QED) is 0.790. The third-order valence-electron chi connectivity index (χ3n) is 6.15. The summed E-state index contributed by atoms with van der Waals surface area (Å²) in [7, 11) is 0. The molecule has 1 aliphatic heterocycles. The molecule has 2 aliphatic rings. The van der Waals surface area contributed by atoms with Crippen molar-refractivity contribution < 1.29 is 9.59 Å². The number of nitrogens with zero attached hydrogens (tertiary/aromatic N) is 3. The Morgan fingerprint density at radius 1 is 1.04 bits per heavy atom. The molecular formula is C22H34N4O2. The summed E-state index contributed by atoms with van der Waals surface area (Å²) < 4.78 is 0. The van der Waals surface area contributed by atoms with E-state index in [-0.39, 0.29) is 11.8 Å². The van der Waals surface area contributed by atoms with Gasteiger partial charge in [-0.15, -0.1) is 0 Å². The van der Waals surface area contributed by atoms with Crippen molar-refractivity contribution in [3.05, 3.63) is 23.8 Å². The van der Waals surface area contributed by atoms with Crippen molar-refractivity contribution >= 4 is 23.2 Å². The summed E-state index contributed by atoms with van der Waals surface area (Å²) in [5.74, 6) is 0.578. The van der Waals surface area contributed by atoms with E-state index < -0.39 is 0 Å². The number of hydrogen-bond donors (Lipinski definition) is 1. The van der Waals surface area contributed by atoms with Crippen molar-refractivity contribution in [1.29, 1.82) is 0 Å². The van der Waals surface area contributed by atoms with Crippen LogP contribution in [0.5, 0.6) is 0 Å². The van der Waals surface area contributed by atoms with E-state index in [2.05, 4.69) is 4.90 Å². The van der Waals surface area contributed by atoms with Gasteiger partial charge in [0.1, 0.15) is 0 Å². The molecule has 1 aromatic carbocycles. The van der Waals surface area contributed by atoms with Crippen molar-refractivity contribution in [3.8, 4) is 0 Å². The first-order chi connectivity index (χ1) is 13.5. The molecule has 0 aromatic heterocycles. The zero-order valence-corrected chi connectivity index (χ0v) is 17.3. The number of amides is 2. The summed E-state index contributed by atoms with van der Waals surface area (Å²) >= 11 is 0. The molecule has 2 amide bonds. The maximum Gasteiger partial charge on any atom is 0.256 e. The summed E-state index contributed by atoms with van der Waals surface area (Å²) in [5, 5.41) is 0. The molecule has 1 saturated carbocycles.